The first-order valence-corrected chi connectivity index (χ1v) is 9.41. The number of nitrogens with one attached hydrogen (secondary N) is 1. The molecule has 0 amide bonds. The number of hydrogen-bond acceptors (Lipinski definition) is 7. The van der Waals surface area contributed by atoms with Gasteiger partial charge >= 0.3 is 0 Å². The Morgan fingerprint density at radius 1 is 1.12 bits per heavy atom. The van der Waals surface area contributed by atoms with E-state index in [-0.39, 0.29) is 5.75 Å². The minimum atomic E-state index is -3.55. The van der Waals surface area contributed by atoms with Crippen LogP contribution in [0.2, 0.25) is 0 Å². The summed E-state index contributed by atoms with van der Waals surface area (Å²) < 4.78 is 37.8. The lowest BCUT2D eigenvalue weighted by Crippen LogP contribution is -2.18. The lowest BCUT2D eigenvalue weighted by molar-refractivity contribution is 0.415. The standard InChI is InChI=1S/C15H12N4O3S2/c1-22-11-4-2-9(3-5-11)15-12-7-14-13(17-23-18-14)6-10(12)8-24(20,21)19-16-15/h2-7,19H,8H2,1H3. The SMILES string of the molecule is COc1ccc(C2=NNS(=O)(=O)Cc3cc4nsnc4cc32)cc1. The van der Waals surface area contributed by atoms with Gasteiger partial charge in [0.05, 0.1) is 30.3 Å². The monoisotopic (exact) mass is 360 g/mol. The fourth-order valence-corrected chi connectivity index (χ4v) is 4.05. The van der Waals surface area contributed by atoms with Crippen LogP contribution >= 0.6 is 11.7 Å². The Balaban J connectivity index is 1.94. The zero-order valence-electron chi connectivity index (χ0n) is 12.6. The summed E-state index contributed by atoms with van der Waals surface area (Å²) in [5.74, 6) is 0.562. The molecule has 0 saturated carbocycles. The van der Waals surface area contributed by atoms with E-state index >= 15 is 0 Å². The fraction of sp³-hybridized carbons (Fsp3) is 0.133. The van der Waals surface area contributed by atoms with Crippen molar-refractivity contribution in [2.45, 2.75) is 5.75 Å². The zero-order valence-corrected chi connectivity index (χ0v) is 14.2. The van der Waals surface area contributed by atoms with Crippen molar-refractivity contribution in [3.63, 3.8) is 0 Å². The molecule has 2 aromatic carbocycles. The molecule has 0 bridgehead atoms. The van der Waals surface area contributed by atoms with Crippen LogP contribution in [0.15, 0.2) is 41.5 Å². The van der Waals surface area contributed by atoms with Crippen LogP contribution in [-0.4, -0.2) is 30.0 Å². The number of nitrogens with zero attached hydrogens (tertiary/aromatic N) is 3. The molecule has 0 fully saturated rings. The van der Waals surface area contributed by atoms with Crippen LogP contribution in [0.4, 0.5) is 0 Å². The Kier molecular flexibility index (Phi) is 3.47. The van der Waals surface area contributed by atoms with E-state index in [1.165, 1.54) is 0 Å². The van der Waals surface area contributed by atoms with Crippen molar-refractivity contribution in [2.24, 2.45) is 5.10 Å². The second-order valence-corrected chi connectivity index (χ2v) is 7.53. The molecule has 1 N–H and O–H groups in total. The summed E-state index contributed by atoms with van der Waals surface area (Å²) in [6, 6.07) is 10.9. The maximum atomic E-state index is 12.1. The molecule has 7 nitrogen and oxygen atoms in total. The average Bonchev–Trinajstić information content (AvgIpc) is 2.97. The van der Waals surface area contributed by atoms with Crippen molar-refractivity contribution in [2.75, 3.05) is 7.11 Å². The number of methoxy groups -OCH3 is 1. The van der Waals surface area contributed by atoms with Gasteiger partial charge in [-0.3, -0.25) is 0 Å². The van der Waals surface area contributed by atoms with E-state index in [2.05, 4.69) is 18.7 Å². The minimum Gasteiger partial charge on any atom is -0.497 e. The third-order valence-corrected chi connectivity index (χ3v) is 5.36. The van der Waals surface area contributed by atoms with Gasteiger partial charge in [0.1, 0.15) is 16.8 Å². The summed E-state index contributed by atoms with van der Waals surface area (Å²) in [5.41, 5.74) is 4.11. The van der Waals surface area contributed by atoms with Crippen molar-refractivity contribution in [1.82, 2.24) is 13.6 Å². The molecule has 2 heterocycles. The number of rotatable bonds is 2. The molecular formula is C15H12N4O3S2. The van der Waals surface area contributed by atoms with Gasteiger partial charge in [0.25, 0.3) is 10.0 Å². The molecule has 24 heavy (non-hydrogen) atoms. The predicted octanol–water partition coefficient (Wildman–Crippen LogP) is 1.89. The number of benzene rings is 2. The normalized spacial score (nSPS) is 16.0. The third kappa shape index (κ3) is 2.61. The summed E-state index contributed by atoms with van der Waals surface area (Å²) >= 11 is 1.10. The van der Waals surface area contributed by atoms with Gasteiger partial charge in [0.2, 0.25) is 0 Å². The van der Waals surface area contributed by atoms with Crippen LogP contribution in [0.1, 0.15) is 16.7 Å². The highest BCUT2D eigenvalue weighted by Crippen LogP contribution is 2.26. The van der Waals surface area contributed by atoms with Crippen molar-refractivity contribution < 1.29 is 13.2 Å². The van der Waals surface area contributed by atoms with Crippen molar-refractivity contribution in [1.29, 1.82) is 0 Å². The molecule has 1 aromatic heterocycles. The van der Waals surface area contributed by atoms with Gasteiger partial charge in [-0.15, -0.1) is 0 Å². The maximum absolute atomic E-state index is 12.1. The van der Waals surface area contributed by atoms with Crippen LogP contribution in [0, 0.1) is 0 Å². The van der Waals surface area contributed by atoms with E-state index in [1.807, 2.05) is 18.2 Å². The molecule has 0 saturated heterocycles. The van der Waals surface area contributed by atoms with E-state index in [0.29, 0.717) is 22.5 Å². The molecule has 122 valence electrons. The zero-order chi connectivity index (χ0) is 16.7. The van der Waals surface area contributed by atoms with Crippen LogP contribution in [0.3, 0.4) is 0 Å². The Hall–Kier alpha value is -2.52. The summed E-state index contributed by atoms with van der Waals surface area (Å²) in [4.78, 5) is 2.28. The Morgan fingerprint density at radius 2 is 1.83 bits per heavy atom. The number of fused-ring (bicyclic) bond motifs is 2. The molecule has 0 spiro atoms. The number of hydrazone groups is 1. The van der Waals surface area contributed by atoms with Crippen molar-refractivity contribution in [3.05, 3.63) is 53.1 Å². The molecule has 9 heteroatoms. The van der Waals surface area contributed by atoms with Gasteiger partial charge in [0.15, 0.2) is 0 Å². The van der Waals surface area contributed by atoms with Crippen molar-refractivity contribution >= 4 is 38.5 Å². The third-order valence-electron chi connectivity index (χ3n) is 3.74. The number of ether oxygens (including phenoxy) is 1. The molecule has 1 aliphatic heterocycles. The lowest BCUT2D eigenvalue weighted by atomic mass is 9.97. The van der Waals surface area contributed by atoms with E-state index in [4.69, 9.17) is 4.74 Å². The van der Waals surface area contributed by atoms with Gasteiger partial charge in [-0.1, -0.05) is 0 Å². The first-order chi connectivity index (χ1) is 11.6. The van der Waals surface area contributed by atoms with Crippen LogP contribution in [0.25, 0.3) is 11.0 Å². The topological polar surface area (TPSA) is 93.5 Å². The Labute approximate surface area is 142 Å². The fourth-order valence-electron chi connectivity index (χ4n) is 2.60. The molecule has 0 aliphatic carbocycles. The lowest BCUT2D eigenvalue weighted by Gasteiger charge is -2.09. The molecule has 0 unspecified atom stereocenters. The summed E-state index contributed by atoms with van der Waals surface area (Å²) in [5, 5.41) is 4.13. The van der Waals surface area contributed by atoms with E-state index < -0.39 is 10.0 Å². The summed E-state index contributed by atoms with van der Waals surface area (Å²) in [7, 11) is -1.95. The highest BCUT2D eigenvalue weighted by atomic mass is 32.2. The first-order valence-electron chi connectivity index (χ1n) is 7.03. The van der Waals surface area contributed by atoms with E-state index in [9.17, 15) is 8.42 Å². The number of sulfonamides is 1. The predicted molar refractivity (Wildman–Crippen MR) is 91.8 cm³/mol. The second-order valence-electron chi connectivity index (χ2n) is 5.30. The van der Waals surface area contributed by atoms with Gasteiger partial charge in [-0.25, -0.2) is 13.2 Å². The molecule has 4 rings (SSSR count). The largest absolute Gasteiger partial charge is 0.497 e. The molecular weight excluding hydrogens is 348 g/mol. The van der Waals surface area contributed by atoms with E-state index in [1.54, 1.807) is 25.3 Å². The van der Waals surface area contributed by atoms with Gasteiger partial charge in [0, 0.05) is 11.1 Å². The summed E-state index contributed by atoms with van der Waals surface area (Å²) in [6.07, 6.45) is 0. The van der Waals surface area contributed by atoms with Gasteiger partial charge < -0.3 is 4.74 Å². The first kappa shape index (κ1) is 15.0. The minimum absolute atomic E-state index is 0.154. The molecule has 0 radical (unpaired) electrons. The smallest absolute Gasteiger partial charge is 0.251 e. The highest BCUT2D eigenvalue weighted by molar-refractivity contribution is 7.88. The quantitative estimate of drug-likeness (QED) is 0.753. The Bertz CT molecular complexity index is 1060. The molecule has 3 aromatic rings. The molecule has 1 aliphatic rings. The van der Waals surface area contributed by atoms with Gasteiger partial charge in [-0.05, 0) is 42.0 Å². The van der Waals surface area contributed by atoms with Crippen molar-refractivity contribution in [3.8, 4) is 5.75 Å². The van der Waals surface area contributed by atoms with Crippen LogP contribution in [-0.2, 0) is 15.8 Å². The summed E-state index contributed by atoms with van der Waals surface area (Å²) in [6.45, 7) is 0. The highest BCUT2D eigenvalue weighted by Gasteiger charge is 2.23. The van der Waals surface area contributed by atoms with Crippen LogP contribution in [0.5, 0.6) is 5.75 Å². The molecule has 0 atom stereocenters. The number of hydrogen-bond donors (Lipinski definition) is 1. The van der Waals surface area contributed by atoms with Gasteiger partial charge in [-0.2, -0.15) is 13.8 Å². The maximum Gasteiger partial charge on any atom is 0.251 e. The van der Waals surface area contributed by atoms with Crippen LogP contribution < -0.4 is 9.57 Å². The average molecular weight is 360 g/mol. The second kappa shape index (κ2) is 5.53. The number of aromatic nitrogens is 2. The van der Waals surface area contributed by atoms with E-state index in [0.717, 1.165) is 28.4 Å². The Morgan fingerprint density at radius 3 is 2.54 bits per heavy atom.